The summed E-state index contributed by atoms with van der Waals surface area (Å²) in [6.45, 7) is -2.05. The van der Waals surface area contributed by atoms with E-state index in [4.69, 9.17) is 19.6 Å². The third-order valence-electron chi connectivity index (χ3n) is 2.37. The zero-order chi connectivity index (χ0) is 15.8. The first-order chi connectivity index (χ1) is 8.84. The van der Waals surface area contributed by atoms with E-state index in [1.807, 2.05) is 0 Å². The first kappa shape index (κ1) is 69.9. The number of hydrogen-bond acceptors (Lipinski definition) is 8. The molecule has 25 heteroatoms. The number of aliphatic hydroxyl groups excluding tert-OH is 2. The van der Waals surface area contributed by atoms with Gasteiger partial charge in [0.05, 0.1) is 6.61 Å². The van der Waals surface area contributed by atoms with Crippen molar-refractivity contribution in [3.05, 3.63) is 0 Å². The molecule has 1 fully saturated rings. The van der Waals surface area contributed by atoms with Gasteiger partial charge in [0, 0.05) is 0 Å². The second-order valence-electron chi connectivity index (χ2n) is 3.99. The molecular weight excluding hydrogens is 523 g/mol. The molecule has 1 rings (SSSR count). The van der Waals surface area contributed by atoms with Crippen LogP contribution in [0.15, 0.2) is 0 Å². The van der Waals surface area contributed by atoms with Crippen molar-refractivity contribution in [1.29, 1.82) is 0 Å². The molecule has 0 spiro atoms. The van der Waals surface area contributed by atoms with Crippen LogP contribution in [0, 0.1) is 0 Å². The molecule has 1 saturated heterocycles. The standard InChI is InChI=1S/C6H14O12P2.3Na.8H2O.3H/c7-4-3(1-16-19(10,11)12)18-6(9,5(4)8)2-17-20(13,14)15;;;;;;;;;;;;;;/h3-5,7-9H,1-2H2,(H2,10,11,12)(H2,13,14,15);;;;8*1H2;;;/q;3*+1;;;;;;;;;3*-1/t3-,4-,5+,6?;;;;;;;;;;;;;;/m1............../s1. The Hall–Kier alpha value is 2.74. The molecule has 0 saturated carbocycles. The van der Waals surface area contributed by atoms with E-state index in [9.17, 15) is 24.4 Å². The van der Waals surface area contributed by atoms with Gasteiger partial charge in [-0.1, -0.05) is 0 Å². The Morgan fingerprint density at radius 1 is 0.774 bits per heavy atom. The fraction of sp³-hybridized carbons (Fsp3) is 1.00. The quantitative estimate of drug-likeness (QED) is 0.118. The average Bonchev–Trinajstić information content (AvgIpc) is 2.48. The van der Waals surface area contributed by atoms with Crippen LogP contribution >= 0.6 is 15.6 Å². The molecule has 31 heavy (non-hydrogen) atoms. The Bertz CT molecular complexity index is 461. The Labute approximate surface area is 245 Å². The van der Waals surface area contributed by atoms with Crippen molar-refractivity contribution in [3.63, 3.8) is 0 Å². The summed E-state index contributed by atoms with van der Waals surface area (Å²) in [6, 6.07) is 0. The van der Waals surface area contributed by atoms with Crippen LogP contribution in [0.2, 0.25) is 0 Å². The molecule has 1 aliphatic rings. The summed E-state index contributed by atoms with van der Waals surface area (Å²) < 4.78 is 33.6. The Kier molecular flexibility index (Phi) is 61.7. The fourth-order valence-electron chi connectivity index (χ4n) is 1.47. The largest absolute Gasteiger partial charge is 1.00 e. The summed E-state index contributed by atoms with van der Waals surface area (Å²) in [4.78, 5) is 33.9. The van der Waals surface area contributed by atoms with Gasteiger partial charge in [-0.15, -0.1) is 0 Å². The van der Waals surface area contributed by atoms with Crippen LogP contribution in [0.4, 0.5) is 0 Å². The second kappa shape index (κ2) is 27.3. The molecule has 0 aromatic heterocycles. The van der Waals surface area contributed by atoms with E-state index in [1.54, 1.807) is 0 Å². The van der Waals surface area contributed by atoms with Gasteiger partial charge in [0.2, 0.25) is 5.79 Å². The maximum atomic E-state index is 10.5. The molecule has 0 radical (unpaired) electrons. The molecular formula is C6H33Na3O20P2. The summed E-state index contributed by atoms with van der Waals surface area (Å²) in [5.41, 5.74) is 0. The van der Waals surface area contributed by atoms with Crippen molar-refractivity contribution in [2.45, 2.75) is 24.1 Å². The van der Waals surface area contributed by atoms with Gasteiger partial charge < -0.3 is 87.7 Å². The van der Waals surface area contributed by atoms with Crippen LogP contribution in [0.5, 0.6) is 0 Å². The van der Waals surface area contributed by atoms with E-state index in [1.165, 1.54) is 0 Å². The van der Waals surface area contributed by atoms with Gasteiger partial charge in [-0.25, -0.2) is 9.13 Å². The van der Waals surface area contributed by atoms with Gasteiger partial charge >= 0.3 is 104 Å². The zero-order valence-electron chi connectivity index (χ0n) is 19.7. The molecule has 0 amide bonds. The molecule has 0 aromatic carbocycles. The summed E-state index contributed by atoms with van der Waals surface area (Å²) in [7, 11) is -9.82. The Morgan fingerprint density at radius 3 is 1.39 bits per heavy atom. The predicted octanol–water partition coefficient (Wildman–Crippen LogP) is -18.2. The van der Waals surface area contributed by atoms with Gasteiger partial charge in [0.25, 0.3) is 0 Å². The van der Waals surface area contributed by atoms with E-state index in [0.29, 0.717) is 0 Å². The smallest absolute Gasteiger partial charge is 1.00 e. The monoisotopic (exact) mass is 556 g/mol. The van der Waals surface area contributed by atoms with E-state index >= 15 is 0 Å². The molecule has 190 valence electrons. The van der Waals surface area contributed by atoms with Gasteiger partial charge in [-0.3, -0.25) is 9.05 Å². The summed E-state index contributed by atoms with van der Waals surface area (Å²) in [5.74, 6) is -2.66. The van der Waals surface area contributed by atoms with Crippen LogP contribution in [0.1, 0.15) is 4.28 Å². The minimum Gasteiger partial charge on any atom is -1.00 e. The van der Waals surface area contributed by atoms with Crippen molar-refractivity contribution >= 4 is 15.6 Å². The molecule has 0 aliphatic carbocycles. The van der Waals surface area contributed by atoms with Gasteiger partial charge in [-0.05, 0) is 0 Å². The topological polar surface area (TPSA) is 455 Å². The molecule has 20 nitrogen and oxygen atoms in total. The number of hydrogen-bond donors (Lipinski definition) is 7. The van der Waals surface area contributed by atoms with Crippen LogP contribution < -0.4 is 88.7 Å². The average molecular weight is 556 g/mol. The Morgan fingerprint density at radius 2 is 1.10 bits per heavy atom. The normalized spacial score (nSPS) is 22.9. The molecule has 4 atom stereocenters. The van der Waals surface area contributed by atoms with Crippen LogP contribution in [-0.2, 0) is 22.9 Å². The number of phosphoric acid groups is 2. The van der Waals surface area contributed by atoms with E-state index in [-0.39, 0.29) is 137 Å². The number of rotatable bonds is 6. The molecule has 0 aromatic rings. The first-order valence-electron chi connectivity index (χ1n) is 5.00. The van der Waals surface area contributed by atoms with Crippen molar-refractivity contribution in [2.75, 3.05) is 13.2 Å². The maximum absolute atomic E-state index is 10.5. The second-order valence-corrected chi connectivity index (χ2v) is 6.47. The first-order valence-corrected chi connectivity index (χ1v) is 8.07. The Balaban J connectivity index is -0.0000000238. The zero-order valence-corrected chi connectivity index (χ0v) is 24.5. The summed E-state index contributed by atoms with van der Waals surface area (Å²) in [5, 5.41) is 28.8. The SMILES string of the molecule is O.O.O.O.O.O.O.O.O=P(O)(O)OC[C@H]1OC(O)(COP(=O)(O)O)[C@@H](O)[C@@H]1O.[H-].[H-].[H-].[Na+].[Na+].[Na+]. The maximum Gasteiger partial charge on any atom is 1.00 e. The minimum atomic E-state index is -4.96. The molecule has 23 N–H and O–H groups in total. The predicted molar refractivity (Wildman–Crippen MR) is 90.1 cm³/mol. The third-order valence-corrected chi connectivity index (χ3v) is 3.32. The van der Waals surface area contributed by atoms with E-state index in [0.717, 1.165) is 0 Å². The summed E-state index contributed by atoms with van der Waals surface area (Å²) in [6.07, 6.45) is -5.38. The van der Waals surface area contributed by atoms with Gasteiger partial charge in [0.15, 0.2) is 0 Å². The molecule has 0 bridgehead atoms. The fourth-order valence-corrected chi connectivity index (χ4v) is 2.17. The van der Waals surface area contributed by atoms with Crippen molar-refractivity contribution in [2.24, 2.45) is 0 Å². The van der Waals surface area contributed by atoms with Crippen molar-refractivity contribution < 1.29 is 195 Å². The van der Waals surface area contributed by atoms with Gasteiger partial charge in [0.1, 0.15) is 24.9 Å². The van der Waals surface area contributed by atoms with Crippen molar-refractivity contribution in [1.82, 2.24) is 0 Å². The third kappa shape index (κ3) is 25.6. The van der Waals surface area contributed by atoms with Gasteiger partial charge in [-0.2, -0.15) is 0 Å². The minimum absolute atomic E-state index is 0. The molecule has 1 heterocycles. The van der Waals surface area contributed by atoms with Crippen LogP contribution in [-0.4, -0.2) is 116 Å². The molecule has 1 aliphatic heterocycles. The number of phosphoric ester groups is 2. The molecule has 1 unspecified atom stereocenters. The van der Waals surface area contributed by atoms with E-state index in [2.05, 4.69) is 13.8 Å². The van der Waals surface area contributed by atoms with Crippen molar-refractivity contribution in [3.8, 4) is 0 Å². The van der Waals surface area contributed by atoms with Crippen LogP contribution in [0.3, 0.4) is 0 Å². The van der Waals surface area contributed by atoms with Crippen LogP contribution in [0.25, 0.3) is 0 Å². The van der Waals surface area contributed by atoms with E-state index < -0.39 is 53.0 Å². The number of ether oxygens (including phenoxy) is 1. The summed E-state index contributed by atoms with van der Waals surface area (Å²) >= 11 is 0. The number of aliphatic hydroxyl groups is 3.